The minimum atomic E-state index is -0.339. The van der Waals surface area contributed by atoms with Gasteiger partial charge < -0.3 is 15.3 Å². The molecule has 1 fully saturated rings. The number of hydrogen-bond acceptors (Lipinski definition) is 4. The molecule has 0 radical (unpaired) electrons. The zero-order valence-corrected chi connectivity index (χ0v) is 14.0. The molecule has 1 aromatic rings. The molecule has 1 saturated heterocycles. The van der Waals surface area contributed by atoms with Gasteiger partial charge >= 0.3 is 0 Å². The number of rotatable bonds is 5. The van der Waals surface area contributed by atoms with Crippen LogP contribution in [0.4, 0.5) is 5.69 Å². The summed E-state index contributed by atoms with van der Waals surface area (Å²) in [6, 6.07) is 7.75. The maximum atomic E-state index is 12.2. The number of aliphatic hydroxyl groups is 1. The Kier molecular flexibility index (Phi) is 5.75. The van der Waals surface area contributed by atoms with Crippen LogP contribution in [0.25, 0.3) is 0 Å². The summed E-state index contributed by atoms with van der Waals surface area (Å²) in [4.78, 5) is 16.3. The zero-order chi connectivity index (χ0) is 15.4. The van der Waals surface area contributed by atoms with Crippen LogP contribution >= 0.6 is 15.9 Å². The van der Waals surface area contributed by atoms with Crippen LogP contribution < -0.4 is 5.32 Å². The van der Waals surface area contributed by atoms with Crippen molar-refractivity contribution in [2.45, 2.75) is 18.6 Å². The number of benzene rings is 1. The van der Waals surface area contributed by atoms with Crippen LogP contribution in [-0.2, 0) is 4.79 Å². The third kappa shape index (κ3) is 5.07. The molecule has 2 atom stereocenters. The summed E-state index contributed by atoms with van der Waals surface area (Å²) in [5, 5.41) is 12.7. The molecule has 1 aliphatic heterocycles. The summed E-state index contributed by atoms with van der Waals surface area (Å²) in [5.74, 6) is -0.0500. The molecule has 21 heavy (non-hydrogen) atoms. The number of nitrogens with one attached hydrogen (secondary N) is 1. The predicted octanol–water partition coefficient (Wildman–Crippen LogP) is 1.38. The van der Waals surface area contributed by atoms with Crippen molar-refractivity contribution >= 4 is 27.5 Å². The average molecular weight is 356 g/mol. The molecule has 1 aromatic carbocycles. The first-order valence-electron chi connectivity index (χ1n) is 7.06. The number of carbonyl (C=O) groups is 1. The molecule has 1 heterocycles. The first-order valence-corrected chi connectivity index (χ1v) is 7.85. The van der Waals surface area contributed by atoms with Gasteiger partial charge in [-0.15, -0.1) is 0 Å². The first kappa shape index (κ1) is 16.4. The lowest BCUT2D eigenvalue weighted by molar-refractivity contribution is -0.117. The fraction of sp³-hybridized carbons (Fsp3) is 0.533. The smallest absolute Gasteiger partial charge is 0.238 e. The molecule has 6 heteroatoms. The third-order valence-electron chi connectivity index (χ3n) is 3.54. The van der Waals surface area contributed by atoms with E-state index in [9.17, 15) is 9.90 Å². The van der Waals surface area contributed by atoms with Crippen LogP contribution in [0.3, 0.4) is 0 Å². The maximum Gasteiger partial charge on any atom is 0.238 e. The van der Waals surface area contributed by atoms with Gasteiger partial charge in [-0.2, -0.15) is 0 Å². The van der Waals surface area contributed by atoms with E-state index in [0.717, 1.165) is 23.1 Å². The molecule has 0 spiro atoms. The number of β-amino-alcohol motifs (C(OH)–C–C–N with tert-alkyl or cyclic N) is 1. The standard InChI is InChI=1S/C15H22BrN3O2/c1-18(2)8-13-7-14(20)9-19(13)10-15(21)17-12-5-3-4-11(16)6-12/h3-6,13-14,20H,7-10H2,1-2H3,(H,17,21). The van der Waals surface area contributed by atoms with Gasteiger partial charge in [0.15, 0.2) is 0 Å². The van der Waals surface area contributed by atoms with E-state index in [-0.39, 0.29) is 18.1 Å². The zero-order valence-electron chi connectivity index (χ0n) is 12.4. The lowest BCUT2D eigenvalue weighted by Crippen LogP contribution is -2.41. The molecule has 0 bridgehead atoms. The second kappa shape index (κ2) is 7.35. The highest BCUT2D eigenvalue weighted by atomic mass is 79.9. The number of carbonyl (C=O) groups excluding carboxylic acids is 1. The minimum Gasteiger partial charge on any atom is -0.392 e. The second-order valence-electron chi connectivity index (χ2n) is 5.79. The molecule has 0 saturated carbocycles. The van der Waals surface area contributed by atoms with Gasteiger partial charge in [-0.25, -0.2) is 0 Å². The van der Waals surface area contributed by atoms with Gasteiger partial charge in [0.25, 0.3) is 0 Å². The van der Waals surface area contributed by atoms with Crippen molar-refractivity contribution in [3.63, 3.8) is 0 Å². The van der Waals surface area contributed by atoms with E-state index in [1.54, 1.807) is 0 Å². The Hall–Kier alpha value is -0.950. The van der Waals surface area contributed by atoms with Crippen LogP contribution in [0.5, 0.6) is 0 Å². The van der Waals surface area contributed by atoms with Gasteiger partial charge in [0.05, 0.1) is 12.6 Å². The van der Waals surface area contributed by atoms with Gasteiger partial charge in [-0.05, 0) is 38.7 Å². The molecule has 1 aliphatic rings. The number of anilines is 1. The van der Waals surface area contributed by atoms with Gasteiger partial charge in [-0.3, -0.25) is 9.69 Å². The number of likely N-dealkylation sites (N-methyl/N-ethyl adjacent to an activating group) is 1. The van der Waals surface area contributed by atoms with Gasteiger partial charge in [-0.1, -0.05) is 22.0 Å². The Bertz CT molecular complexity index is 496. The van der Waals surface area contributed by atoms with Crippen molar-refractivity contribution in [1.82, 2.24) is 9.80 Å². The lowest BCUT2D eigenvalue weighted by Gasteiger charge is -2.26. The second-order valence-corrected chi connectivity index (χ2v) is 6.71. The summed E-state index contributed by atoms with van der Waals surface area (Å²) in [6.07, 6.45) is 0.385. The normalized spacial score (nSPS) is 22.7. The van der Waals surface area contributed by atoms with Crippen LogP contribution in [0.15, 0.2) is 28.7 Å². The Balaban J connectivity index is 1.91. The van der Waals surface area contributed by atoms with Crippen molar-refractivity contribution in [3.8, 4) is 0 Å². The highest BCUT2D eigenvalue weighted by Crippen LogP contribution is 2.19. The largest absolute Gasteiger partial charge is 0.392 e. The maximum absolute atomic E-state index is 12.2. The van der Waals surface area contributed by atoms with Crippen molar-refractivity contribution in [2.75, 3.05) is 39.0 Å². The van der Waals surface area contributed by atoms with E-state index in [0.29, 0.717) is 13.1 Å². The van der Waals surface area contributed by atoms with E-state index in [1.165, 1.54) is 0 Å². The van der Waals surface area contributed by atoms with E-state index in [2.05, 4.69) is 31.0 Å². The van der Waals surface area contributed by atoms with E-state index in [4.69, 9.17) is 0 Å². The summed E-state index contributed by atoms with van der Waals surface area (Å²) in [6.45, 7) is 1.72. The topological polar surface area (TPSA) is 55.8 Å². The number of likely N-dealkylation sites (tertiary alicyclic amines) is 1. The Morgan fingerprint density at radius 2 is 2.29 bits per heavy atom. The van der Waals surface area contributed by atoms with Crippen LogP contribution in [0.2, 0.25) is 0 Å². The summed E-state index contributed by atoms with van der Waals surface area (Å²) >= 11 is 3.38. The number of halogens is 1. The van der Waals surface area contributed by atoms with Gasteiger partial charge in [0, 0.05) is 29.3 Å². The molecule has 2 rings (SSSR count). The van der Waals surface area contributed by atoms with Gasteiger partial charge in [0.1, 0.15) is 0 Å². The highest BCUT2D eigenvalue weighted by molar-refractivity contribution is 9.10. The molecule has 0 aliphatic carbocycles. The summed E-state index contributed by atoms with van der Waals surface area (Å²) in [5.41, 5.74) is 0.776. The van der Waals surface area contributed by atoms with Crippen LogP contribution in [0, 0.1) is 0 Å². The first-order chi connectivity index (χ1) is 9.94. The van der Waals surface area contributed by atoms with Crippen molar-refractivity contribution in [3.05, 3.63) is 28.7 Å². The number of hydrogen-bond donors (Lipinski definition) is 2. The van der Waals surface area contributed by atoms with Crippen molar-refractivity contribution in [1.29, 1.82) is 0 Å². The van der Waals surface area contributed by atoms with Crippen LogP contribution in [0.1, 0.15) is 6.42 Å². The fourth-order valence-corrected chi connectivity index (χ4v) is 3.11. The molecule has 1 amide bonds. The lowest BCUT2D eigenvalue weighted by atomic mass is 10.2. The SMILES string of the molecule is CN(C)CC1CC(O)CN1CC(=O)Nc1cccc(Br)c1. The van der Waals surface area contributed by atoms with Crippen molar-refractivity contribution in [2.24, 2.45) is 0 Å². The molecule has 5 nitrogen and oxygen atoms in total. The fourth-order valence-electron chi connectivity index (χ4n) is 2.71. The summed E-state index contributed by atoms with van der Waals surface area (Å²) < 4.78 is 0.933. The third-order valence-corrected chi connectivity index (χ3v) is 4.03. The van der Waals surface area contributed by atoms with Gasteiger partial charge in [0.2, 0.25) is 5.91 Å². The number of aliphatic hydroxyl groups excluding tert-OH is 1. The summed E-state index contributed by atoms with van der Waals surface area (Å²) in [7, 11) is 4.01. The Morgan fingerprint density at radius 3 is 2.95 bits per heavy atom. The Labute approximate surface area is 134 Å². The quantitative estimate of drug-likeness (QED) is 0.837. The molecule has 2 N–H and O–H groups in total. The minimum absolute atomic E-state index is 0.0500. The molecular formula is C15H22BrN3O2. The molecule has 2 unspecified atom stereocenters. The molecular weight excluding hydrogens is 334 g/mol. The Morgan fingerprint density at radius 1 is 1.52 bits per heavy atom. The average Bonchev–Trinajstić information content (AvgIpc) is 2.68. The van der Waals surface area contributed by atoms with E-state index >= 15 is 0 Å². The van der Waals surface area contributed by atoms with E-state index < -0.39 is 0 Å². The predicted molar refractivity (Wildman–Crippen MR) is 87.3 cm³/mol. The van der Waals surface area contributed by atoms with Crippen molar-refractivity contribution < 1.29 is 9.90 Å². The molecule has 0 aromatic heterocycles. The number of nitrogens with zero attached hydrogens (tertiary/aromatic N) is 2. The van der Waals surface area contributed by atoms with E-state index in [1.807, 2.05) is 38.4 Å². The monoisotopic (exact) mass is 355 g/mol. The highest BCUT2D eigenvalue weighted by Gasteiger charge is 2.32. The molecule has 116 valence electrons. The number of amides is 1. The van der Waals surface area contributed by atoms with Crippen LogP contribution in [-0.4, -0.2) is 66.7 Å².